The predicted molar refractivity (Wildman–Crippen MR) is 62.1 cm³/mol. The Morgan fingerprint density at radius 2 is 1.89 bits per heavy atom. The average Bonchev–Trinajstić information content (AvgIpc) is 3.14. The van der Waals surface area contributed by atoms with E-state index in [1.807, 2.05) is 0 Å². The van der Waals surface area contributed by atoms with E-state index in [1.54, 1.807) is 12.1 Å². The van der Waals surface area contributed by atoms with Crippen LogP contribution in [0, 0.1) is 5.82 Å². The molecular weight excluding hydrogens is 243 g/mol. The molecule has 1 aromatic rings. The summed E-state index contributed by atoms with van der Waals surface area (Å²) in [6.45, 7) is -0.128. The van der Waals surface area contributed by atoms with Gasteiger partial charge in [-0.1, -0.05) is 12.1 Å². The predicted octanol–water partition coefficient (Wildman–Crippen LogP) is 2.90. The number of ether oxygens (including phenoxy) is 1. The van der Waals surface area contributed by atoms with Gasteiger partial charge in [-0.25, -0.2) is 13.2 Å². The standard InChI is InChI=1S/C13H16F3NO/c14-10-3-1-9(2-4-10)12(18-8-13(15)16)7-17-11-5-6-11/h1-4,11-13,17H,5-8H2. The lowest BCUT2D eigenvalue weighted by Crippen LogP contribution is -2.26. The van der Waals surface area contributed by atoms with Crippen LogP contribution in [0.5, 0.6) is 0 Å². The van der Waals surface area contributed by atoms with Crippen LogP contribution in [-0.2, 0) is 4.74 Å². The Morgan fingerprint density at radius 1 is 1.22 bits per heavy atom. The molecule has 0 aliphatic heterocycles. The molecule has 0 aromatic heterocycles. The third-order valence-corrected chi connectivity index (χ3v) is 2.83. The first kappa shape index (κ1) is 13.4. The Hall–Kier alpha value is -1.07. The van der Waals surface area contributed by atoms with Crippen LogP contribution in [0.2, 0.25) is 0 Å². The zero-order chi connectivity index (χ0) is 13.0. The van der Waals surface area contributed by atoms with E-state index in [1.165, 1.54) is 12.1 Å². The van der Waals surface area contributed by atoms with Crippen LogP contribution < -0.4 is 5.32 Å². The van der Waals surface area contributed by atoms with E-state index in [-0.39, 0.29) is 5.82 Å². The second-order valence-electron chi connectivity index (χ2n) is 4.45. The summed E-state index contributed by atoms with van der Waals surface area (Å²) < 4.78 is 42.3. The monoisotopic (exact) mass is 259 g/mol. The summed E-state index contributed by atoms with van der Waals surface area (Å²) in [6, 6.07) is 6.24. The maximum Gasteiger partial charge on any atom is 0.261 e. The molecule has 18 heavy (non-hydrogen) atoms. The van der Waals surface area contributed by atoms with Crippen LogP contribution in [-0.4, -0.2) is 25.6 Å². The maximum atomic E-state index is 12.8. The fourth-order valence-corrected chi connectivity index (χ4v) is 1.70. The van der Waals surface area contributed by atoms with E-state index < -0.39 is 19.1 Å². The molecule has 1 atom stereocenters. The van der Waals surface area contributed by atoms with E-state index in [4.69, 9.17) is 4.74 Å². The minimum Gasteiger partial charge on any atom is -0.366 e. The molecule has 5 heteroatoms. The first-order valence-corrected chi connectivity index (χ1v) is 6.04. The zero-order valence-corrected chi connectivity index (χ0v) is 9.91. The van der Waals surface area contributed by atoms with Gasteiger partial charge in [0.15, 0.2) is 0 Å². The molecule has 1 saturated carbocycles. The fraction of sp³-hybridized carbons (Fsp3) is 0.538. The highest BCUT2D eigenvalue weighted by Crippen LogP contribution is 2.22. The number of hydrogen-bond donors (Lipinski definition) is 1. The maximum absolute atomic E-state index is 12.8. The van der Waals surface area contributed by atoms with E-state index >= 15 is 0 Å². The number of nitrogens with one attached hydrogen (secondary N) is 1. The van der Waals surface area contributed by atoms with Gasteiger partial charge < -0.3 is 10.1 Å². The molecule has 1 fully saturated rings. The largest absolute Gasteiger partial charge is 0.366 e. The Labute approximate surface area is 104 Å². The number of hydrogen-bond acceptors (Lipinski definition) is 2. The van der Waals surface area contributed by atoms with E-state index in [9.17, 15) is 13.2 Å². The van der Waals surface area contributed by atoms with Crippen molar-refractivity contribution in [2.45, 2.75) is 31.4 Å². The second-order valence-corrected chi connectivity index (χ2v) is 4.45. The van der Waals surface area contributed by atoms with Gasteiger partial charge in [0.05, 0.1) is 6.10 Å². The van der Waals surface area contributed by atoms with Crippen LogP contribution in [0.25, 0.3) is 0 Å². The minimum atomic E-state index is -2.49. The van der Waals surface area contributed by atoms with E-state index in [0.29, 0.717) is 18.2 Å². The number of halogens is 3. The van der Waals surface area contributed by atoms with Crippen molar-refractivity contribution in [3.63, 3.8) is 0 Å². The first-order chi connectivity index (χ1) is 8.65. The lowest BCUT2D eigenvalue weighted by atomic mass is 10.1. The van der Waals surface area contributed by atoms with Crippen molar-refractivity contribution in [1.82, 2.24) is 5.32 Å². The van der Waals surface area contributed by atoms with E-state index in [0.717, 1.165) is 12.8 Å². The molecule has 0 spiro atoms. The van der Waals surface area contributed by atoms with Crippen molar-refractivity contribution in [3.8, 4) is 0 Å². The lowest BCUT2D eigenvalue weighted by Gasteiger charge is -2.19. The topological polar surface area (TPSA) is 21.3 Å². The van der Waals surface area contributed by atoms with Gasteiger partial charge >= 0.3 is 0 Å². The number of benzene rings is 1. The Morgan fingerprint density at radius 3 is 2.44 bits per heavy atom. The molecule has 0 amide bonds. The van der Waals surface area contributed by atoms with Gasteiger partial charge in [0, 0.05) is 12.6 Å². The van der Waals surface area contributed by atoms with Gasteiger partial charge in [-0.3, -0.25) is 0 Å². The molecule has 2 nitrogen and oxygen atoms in total. The summed E-state index contributed by atoms with van der Waals surface area (Å²) in [5.41, 5.74) is 0.713. The number of alkyl halides is 2. The van der Waals surface area contributed by atoms with Crippen LogP contribution in [0.15, 0.2) is 24.3 Å². The molecule has 0 radical (unpaired) electrons. The van der Waals surface area contributed by atoms with Crippen molar-refractivity contribution >= 4 is 0 Å². The summed E-state index contributed by atoms with van der Waals surface area (Å²) in [7, 11) is 0. The normalized spacial score (nSPS) is 17.1. The second kappa shape index (κ2) is 6.20. The van der Waals surface area contributed by atoms with Crippen molar-refractivity contribution in [3.05, 3.63) is 35.6 Å². The molecule has 2 rings (SSSR count). The molecule has 1 aliphatic rings. The molecule has 0 bridgehead atoms. The van der Waals surface area contributed by atoms with Gasteiger partial charge in [-0.05, 0) is 30.5 Å². The first-order valence-electron chi connectivity index (χ1n) is 6.04. The molecule has 1 unspecified atom stereocenters. The summed E-state index contributed by atoms with van der Waals surface area (Å²) in [5.74, 6) is -0.346. The summed E-state index contributed by atoms with van der Waals surface area (Å²) in [6.07, 6.45) is -0.718. The lowest BCUT2D eigenvalue weighted by molar-refractivity contribution is -0.0247. The van der Waals surface area contributed by atoms with Crippen LogP contribution in [0.4, 0.5) is 13.2 Å². The fourth-order valence-electron chi connectivity index (χ4n) is 1.70. The van der Waals surface area contributed by atoms with Gasteiger partial charge in [0.1, 0.15) is 12.4 Å². The Balaban J connectivity index is 1.94. The van der Waals surface area contributed by atoms with E-state index in [2.05, 4.69) is 5.32 Å². The molecule has 1 aromatic carbocycles. The Bertz CT molecular complexity index is 359. The molecule has 0 heterocycles. The Kier molecular flexibility index (Phi) is 4.60. The third-order valence-electron chi connectivity index (χ3n) is 2.83. The third kappa shape index (κ3) is 4.31. The SMILES string of the molecule is Fc1ccc(C(CNC2CC2)OCC(F)F)cc1. The summed E-state index contributed by atoms with van der Waals surface area (Å²) in [4.78, 5) is 0. The van der Waals surface area contributed by atoms with Crippen LogP contribution in [0.1, 0.15) is 24.5 Å². The van der Waals surface area contributed by atoms with Gasteiger partial charge in [-0.15, -0.1) is 0 Å². The van der Waals surface area contributed by atoms with Gasteiger partial charge in [0.25, 0.3) is 6.43 Å². The highest BCUT2D eigenvalue weighted by molar-refractivity contribution is 5.19. The highest BCUT2D eigenvalue weighted by atomic mass is 19.3. The zero-order valence-electron chi connectivity index (χ0n) is 9.91. The number of rotatable bonds is 7. The molecule has 100 valence electrons. The smallest absolute Gasteiger partial charge is 0.261 e. The van der Waals surface area contributed by atoms with Crippen molar-refractivity contribution < 1.29 is 17.9 Å². The minimum absolute atomic E-state index is 0.346. The summed E-state index contributed by atoms with van der Waals surface area (Å²) in [5, 5.41) is 3.23. The average molecular weight is 259 g/mol. The van der Waals surface area contributed by atoms with Gasteiger partial charge in [-0.2, -0.15) is 0 Å². The molecule has 0 saturated heterocycles. The van der Waals surface area contributed by atoms with Crippen molar-refractivity contribution in [2.75, 3.05) is 13.2 Å². The molecular formula is C13H16F3NO. The highest BCUT2D eigenvalue weighted by Gasteiger charge is 2.23. The quantitative estimate of drug-likeness (QED) is 0.813. The van der Waals surface area contributed by atoms with Gasteiger partial charge in [0.2, 0.25) is 0 Å². The molecule has 1 aliphatic carbocycles. The van der Waals surface area contributed by atoms with Crippen molar-refractivity contribution in [1.29, 1.82) is 0 Å². The van der Waals surface area contributed by atoms with Crippen LogP contribution >= 0.6 is 0 Å². The van der Waals surface area contributed by atoms with Crippen LogP contribution in [0.3, 0.4) is 0 Å². The molecule has 1 N–H and O–H groups in total. The summed E-state index contributed by atoms with van der Waals surface area (Å²) >= 11 is 0. The van der Waals surface area contributed by atoms with Crippen molar-refractivity contribution in [2.24, 2.45) is 0 Å².